The first-order valence-electron chi connectivity index (χ1n) is 7.26. The van der Waals surface area contributed by atoms with E-state index in [1.165, 1.54) is 21.6 Å². The van der Waals surface area contributed by atoms with Gasteiger partial charge in [0.2, 0.25) is 0 Å². The third kappa shape index (κ3) is 4.35. The Morgan fingerprint density at radius 2 is 1.90 bits per heavy atom. The third-order valence-electron chi connectivity index (χ3n) is 3.62. The summed E-state index contributed by atoms with van der Waals surface area (Å²) in [4.78, 5) is 1.31. The van der Waals surface area contributed by atoms with Crippen LogP contribution in [0, 0.1) is 13.8 Å². The standard InChI is InChI=1S/C18H22BrNS/c1-4-16(20)18(14-6-5-7-15(19)11-14)21-17-9-8-12(2)10-13(17)3/h5-11,16,18H,4,20H2,1-3H3. The second-order valence-corrected chi connectivity index (χ2v) is 7.53. The van der Waals surface area contributed by atoms with Crippen molar-refractivity contribution in [2.24, 2.45) is 5.73 Å². The van der Waals surface area contributed by atoms with Crippen molar-refractivity contribution in [1.82, 2.24) is 0 Å². The summed E-state index contributed by atoms with van der Waals surface area (Å²) < 4.78 is 1.11. The number of rotatable bonds is 5. The predicted octanol–water partition coefficient (Wildman–Crippen LogP) is 5.64. The monoisotopic (exact) mass is 363 g/mol. The molecule has 2 aromatic carbocycles. The normalized spacial score (nSPS) is 14.0. The maximum Gasteiger partial charge on any atom is 0.0495 e. The molecule has 2 aromatic rings. The fourth-order valence-corrected chi connectivity index (χ4v) is 4.10. The number of thioether (sulfide) groups is 1. The van der Waals surface area contributed by atoms with Crippen LogP contribution in [0.2, 0.25) is 0 Å². The Hall–Kier alpha value is -0.770. The molecule has 0 fully saturated rings. The molecule has 2 rings (SSSR count). The van der Waals surface area contributed by atoms with E-state index in [9.17, 15) is 0 Å². The van der Waals surface area contributed by atoms with Crippen LogP contribution >= 0.6 is 27.7 Å². The summed E-state index contributed by atoms with van der Waals surface area (Å²) in [7, 11) is 0. The van der Waals surface area contributed by atoms with Crippen LogP contribution in [0.5, 0.6) is 0 Å². The molecule has 0 aromatic heterocycles. The van der Waals surface area contributed by atoms with Crippen molar-refractivity contribution in [2.75, 3.05) is 0 Å². The van der Waals surface area contributed by atoms with Gasteiger partial charge >= 0.3 is 0 Å². The summed E-state index contributed by atoms with van der Waals surface area (Å²) in [6.07, 6.45) is 0.967. The van der Waals surface area contributed by atoms with Gasteiger partial charge in [0, 0.05) is 20.7 Å². The SMILES string of the molecule is CCC(N)C(Sc1ccc(C)cc1C)c1cccc(Br)c1. The molecule has 0 radical (unpaired) electrons. The molecule has 0 amide bonds. The van der Waals surface area contributed by atoms with Gasteiger partial charge in [-0.2, -0.15) is 0 Å². The first-order valence-corrected chi connectivity index (χ1v) is 8.93. The van der Waals surface area contributed by atoms with Gasteiger partial charge in [0.05, 0.1) is 0 Å². The molecule has 21 heavy (non-hydrogen) atoms. The number of halogens is 1. The van der Waals surface area contributed by atoms with E-state index in [2.05, 4.69) is 79.2 Å². The molecule has 0 aliphatic rings. The van der Waals surface area contributed by atoms with Crippen molar-refractivity contribution in [1.29, 1.82) is 0 Å². The lowest BCUT2D eigenvalue weighted by Crippen LogP contribution is -2.25. The molecule has 2 atom stereocenters. The van der Waals surface area contributed by atoms with Crippen LogP contribution in [0.25, 0.3) is 0 Å². The van der Waals surface area contributed by atoms with Crippen molar-refractivity contribution in [3.8, 4) is 0 Å². The molecule has 3 heteroatoms. The third-order valence-corrected chi connectivity index (χ3v) is 5.70. The quantitative estimate of drug-likeness (QED) is 0.695. The van der Waals surface area contributed by atoms with Crippen LogP contribution in [0.1, 0.15) is 35.3 Å². The summed E-state index contributed by atoms with van der Waals surface area (Å²) in [6.45, 7) is 6.45. The van der Waals surface area contributed by atoms with E-state index in [1.807, 2.05) is 11.8 Å². The highest BCUT2D eigenvalue weighted by atomic mass is 79.9. The highest BCUT2D eigenvalue weighted by Gasteiger charge is 2.21. The fraction of sp³-hybridized carbons (Fsp3) is 0.333. The molecular formula is C18H22BrNS. The van der Waals surface area contributed by atoms with Crippen molar-refractivity contribution in [3.05, 3.63) is 63.6 Å². The summed E-state index contributed by atoms with van der Waals surface area (Å²) >= 11 is 5.43. The molecule has 0 saturated carbocycles. The summed E-state index contributed by atoms with van der Waals surface area (Å²) in [6, 6.07) is 15.2. The summed E-state index contributed by atoms with van der Waals surface area (Å²) in [5.74, 6) is 0. The van der Waals surface area contributed by atoms with E-state index in [4.69, 9.17) is 5.73 Å². The van der Waals surface area contributed by atoms with E-state index in [-0.39, 0.29) is 11.3 Å². The molecule has 1 nitrogen and oxygen atoms in total. The fourth-order valence-electron chi connectivity index (χ4n) is 2.37. The first-order chi connectivity index (χ1) is 10.0. The van der Waals surface area contributed by atoms with Gasteiger partial charge in [-0.3, -0.25) is 0 Å². The second-order valence-electron chi connectivity index (χ2n) is 5.43. The number of benzene rings is 2. The van der Waals surface area contributed by atoms with Crippen LogP contribution in [-0.4, -0.2) is 6.04 Å². The van der Waals surface area contributed by atoms with Gasteiger partial charge < -0.3 is 5.73 Å². The molecule has 2 unspecified atom stereocenters. The highest BCUT2D eigenvalue weighted by molar-refractivity contribution is 9.10. The van der Waals surface area contributed by atoms with E-state index in [0.717, 1.165) is 10.9 Å². The predicted molar refractivity (Wildman–Crippen MR) is 96.9 cm³/mol. The molecule has 0 spiro atoms. The number of hydrogen-bond acceptors (Lipinski definition) is 2. The van der Waals surface area contributed by atoms with Gasteiger partial charge in [0.1, 0.15) is 0 Å². The molecular weight excluding hydrogens is 342 g/mol. The topological polar surface area (TPSA) is 26.0 Å². The van der Waals surface area contributed by atoms with Gasteiger partial charge in [0.25, 0.3) is 0 Å². The largest absolute Gasteiger partial charge is 0.326 e. The van der Waals surface area contributed by atoms with Gasteiger partial charge in [0.15, 0.2) is 0 Å². The maximum atomic E-state index is 6.39. The molecule has 0 aliphatic heterocycles. The number of nitrogens with two attached hydrogens (primary N) is 1. The summed E-state index contributed by atoms with van der Waals surface area (Å²) in [5, 5.41) is 0.272. The van der Waals surface area contributed by atoms with E-state index >= 15 is 0 Å². The van der Waals surface area contributed by atoms with E-state index in [0.29, 0.717) is 0 Å². The van der Waals surface area contributed by atoms with Crippen molar-refractivity contribution in [2.45, 2.75) is 43.4 Å². The summed E-state index contributed by atoms with van der Waals surface area (Å²) in [5.41, 5.74) is 10.3. The lowest BCUT2D eigenvalue weighted by Gasteiger charge is -2.24. The van der Waals surface area contributed by atoms with Gasteiger partial charge in [-0.15, -0.1) is 11.8 Å². The minimum Gasteiger partial charge on any atom is -0.326 e. The van der Waals surface area contributed by atoms with Crippen molar-refractivity contribution in [3.63, 3.8) is 0 Å². The number of aryl methyl sites for hydroxylation is 2. The van der Waals surface area contributed by atoms with Crippen molar-refractivity contribution < 1.29 is 0 Å². The molecule has 0 heterocycles. The zero-order valence-corrected chi connectivity index (χ0v) is 15.2. The van der Waals surface area contributed by atoms with E-state index in [1.54, 1.807) is 0 Å². The number of hydrogen-bond donors (Lipinski definition) is 1. The van der Waals surface area contributed by atoms with Crippen LogP contribution in [0.3, 0.4) is 0 Å². The maximum absolute atomic E-state index is 6.39. The van der Waals surface area contributed by atoms with Crippen LogP contribution in [0.15, 0.2) is 51.8 Å². The Morgan fingerprint density at radius 1 is 1.14 bits per heavy atom. The van der Waals surface area contributed by atoms with Gasteiger partial charge in [-0.05, 0) is 49.6 Å². The second kappa shape index (κ2) is 7.48. The van der Waals surface area contributed by atoms with Gasteiger partial charge in [-0.1, -0.05) is 52.7 Å². The molecule has 112 valence electrons. The molecule has 2 N–H and O–H groups in total. The van der Waals surface area contributed by atoms with Crippen LogP contribution in [0.4, 0.5) is 0 Å². The zero-order valence-electron chi connectivity index (χ0n) is 12.8. The Kier molecular flexibility index (Phi) is 5.91. The lowest BCUT2D eigenvalue weighted by molar-refractivity contribution is 0.634. The minimum absolute atomic E-state index is 0.144. The van der Waals surface area contributed by atoms with E-state index < -0.39 is 0 Å². The minimum atomic E-state index is 0.144. The first kappa shape index (κ1) is 16.6. The van der Waals surface area contributed by atoms with Crippen LogP contribution < -0.4 is 5.73 Å². The molecule has 0 bridgehead atoms. The average molecular weight is 364 g/mol. The van der Waals surface area contributed by atoms with Crippen molar-refractivity contribution >= 4 is 27.7 Å². The van der Waals surface area contributed by atoms with Gasteiger partial charge in [-0.25, -0.2) is 0 Å². The Bertz CT molecular complexity index is 612. The molecule has 0 saturated heterocycles. The molecule has 0 aliphatic carbocycles. The highest BCUT2D eigenvalue weighted by Crippen LogP contribution is 2.40. The Labute approximate surface area is 140 Å². The smallest absolute Gasteiger partial charge is 0.0495 e. The lowest BCUT2D eigenvalue weighted by atomic mass is 10.0. The zero-order chi connectivity index (χ0) is 15.4. The Morgan fingerprint density at radius 3 is 2.52 bits per heavy atom. The van der Waals surface area contributed by atoms with Crippen LogP contribution in [-0.2, 0) is 0 Å². The average Bonchev–Trinajstić information content (AvgIpc) is 2.45. The Balaban J connectivity index is 2.33.